The van der Waals surface area contributed by atoms with E-state index in [1.165, 1.54) is 0 Å². The van der Waals surface area contributed by atoms with Crippen molar-refractivity contribution in [2.24, 2.45) is 5.16 Å². The lowest BCUT2D eigenvalue weighted by atomic mass is 10.1. The first kappa shape index (κ1) is 20.6. The lowest BCUT2D eigenvalue weighted by Gasteiger charge is -2.30. The van der Waals surface area contributed by atoms with Crippen LogP contribution in [0.25, 0.3) is 0 Å². The van der Waals surface area contributed by atoms with Crippen molar-refractivity contribution < 1.29 is 4.53 Å². The van der Waals surface area contributed by atoms with Gasteiger partial charge in [-0.05, 0) is 34.8 Å². The molecule has 0 saturated heterocycles. The molecule has 0 bridgehead atoms. The van der Waals surface area contributed by atoms with Crippen LogP contribution in [0.1, 0.15) is 32.6 Å². The Morgan fingerprint density at radius 3 is 1.66 bits per heavy atom. The third kappa shape index (κ3) is 4.82. The van der Waals surface area contributed by atoms with Gasteiger partial charge < -0.3 is 4.53 Å². The zero-order valence-electron chi connectivity index (χ0n) is 16.8. The van der Waals surface area contributed by atoms with E-state index in [0.29, 0.717) is 6.42 Å². The molecule has 3 aromatic carbocycles. The number of oxime groups is 1. The molecule has 29 heavy (non-hydrogen) atoms. The van der Waals surface area contributed by atoms with Gasteiger partial charge in [0.15, 0.2) is 0 Å². The average Bonchev–Trinajstić information content (AvgIpc) is 2.80. The van der Waals surface area contributed by atoms with Crippen molar-refractivity contribution in [1.82, 2.24) is 0 Å². The van der Waals surface area contributed by atoms with E-state index in [1.54, 1.807) is 0 Å². The molecule has 3 aromatic rings. The largest absolute Gasteiger partial charge is 0.438 e. The molecule has 3 nitrogen and oxygen atoms in total. The van der Waals surface area contributed by atoms with Gasteiger partial charge in [0.2, 0.25) is 0 Å². The maximum Gasteiger partial charge on any atom is 0.380 e. The van der Waals surface area contributed by atoms with Crippen LogP contribution in [0.2, 0.25) is 0 Å². The Morgan fingerprint density at radius 1 is 0.828 bits per heavy atom. The van der Waals surface area contributed by atoms with Crippen LogP contribution in [0.3, 0.4) is 0 Å². The number of hydrogen-bond acceptors (Lipinski definition) is 3. The molecule has 0 aliphatic carbocycles. The van der Waals surface area contributed by atoms with E-state index < -0.39 is 8.32 Å². The third-order valence-electron chi connectivity index (χ3n) is 5.01. The molecule has 0 amide bonds. The van der Waals surface area contributed by atoms with Gasteiger partial charge in [0.05, 0.1) is 11.8 Å². The Morgan fingerprint density at radius 2 is 1.28 bits per heavy atom. The minimum absolute atomic E-state index is 0.539. The molecule has 0 unspecified atom stereocenters. The van der Waals surface area contributed by atoms with Crippen molar-refractivity contribution >= 4 is 29.6 Å². The van der Waals surface area contributed by atoms with Gasteiger partial charge in [-0.25, -0.2) is 0 Å². The van der Waals surface area contributed by atoms with Crippen molar-refractivity contribution in [2.75, 3.05) is 0 Å². The summed E-state index contributed by atoms with van der Waals surface area (Å²) in [6.07, 6.45) is 2.95. The molecular weight excluding hydrogens is 372 g/mol. The number of unbranched alkanes of at least 4 members (excludes halogenated alkanes) is 1. The summed E-state index contributed by atoms with van der Waals surface area (Å²) in [5.74, 6) is 0. The minimum atomic E-state index is -2.80. The van der Waals surface area contributed by atoms with E-state index in [-0.39, 0.29) is 0 Å². The fraction of sp³-hybridized carbons (Fsp3) is 0.200. The van der Waals surface area contributed by atoms with Crippen LogP contribution >= 0.6 is 0 Å². The SMILES string of the molecule is CCC(CCCC#N)=NO[Si](c1ccccc1)(c1ccccc1)c1ccccc1. The molecule has 0 aromatic heterocycles. The average molecular weight is 399 g/mol. The number of benzene rings is 3. The highest BCUT2D eigenvalue weighted by atomic mass is 28.4. The van der Waals surface area contributed by atoms with Crippen LogP contribution in [0.4, 0.5) is 0 Å². The molecule has 4 heteroatoms. The standard InChI is InChI=1S/C25H26N2OSi/c1-2-22(14-12-13-21-26)27-28-29(23-15-6-3-7-16-23,24-17-8-4-9-18-24)25-19-10-5-11-20-25/h3-11,15-20H,2,12-14H2,1H3. The Balaban J connectivity index is 2.14. The fourth-order valence-electron chi connectivity index (χ4n) is 3.47. The summed E-state index contributed by atoms with van der Waals surface area (Å²) in [6.45, 7) is 2.09. The maximum absolute atomic E-state index is 8.84. The second-order valence-corrected chi connectivity index (χ2v) is 10.2. The molecular formula is C25H26N2OSi. The summed E-state index contributed by atoms with van der Waals surface area (Å²) in [5, 5.41) is 17.0. The first-order valence-corrected chi connectivity index (χ1v) is 12.0. The first-order chi connectivity index (χ1) is 14.3. The van der Waals surface area contributed by atoms with E-state index in [9.17, 15) is 0 Å². The molecule has 146 valence electrons. The van der Waals surface area contributed by atoms with E-state index >= 15 is 0 Å². The lowest BCUT2D eigenvalue weighted by Crippen LogP contribution is -2.68. The third-order valence-corrected chi connectivity index (χ3v) is 8.82. The fourth-order valence-corrected chi connectivity index (χ4v) is 7.04. The predicted octanol–water partition coefficient (Wildman–Crippen LogP) is 4.13. The van der Waals surface area contributed by atoms with Crippen LogP contribution in [-0.4, -0.2) is 14.0 Å². The second kappa shape index (κ2) is 10.4. The normalized spacial score (nSPS) is 11.7. The molecule has 0 aliphatic rings. The summed E-state index contributed by atoms with van der Waals surface area (Å²) >= 11 is 0. The first-order valence-electron chi connectivity index (χ1n) is 10.1. The zero-order valence-corrected chi connectivity index (χ0v) is 17.8. The molecule has 0 aliphatic heterocycles. The predicted molar refractivity (Wildman–Crippen MR) is 122 cm³/mol. The lowest BCUT2D eigenvalue weighted by molar-refractivity contribution is 0.346. The van der Waals surface area contributed by atoms with Crippen molar-refractivity contribution in [2.45, 2.75) is 32.6 Å². The number of hydrogen-bond donors (Lipinski definition) is 0. The highest BCUT2D eigenvalue weighted by Crippen LogP contribution is 2.12. The van der Waals surface area contributed by atoms with E-state index in [1.807, 2.05) is 18.2 Å². The quantitative estimate of drug-likeness (QED) is 0.179. The van der Waals surface area contributed by atoms with Crippen LogP contribution < -0.4 is 15.6 Å². The van der Waals surface area contributed by atoms with E-state index in [2.05, 4.69) is 90.9 Å². The number of nitriles is 1. The van der Waals surface area contributed by atoms with Gasteiger partial charge in [0.1, 0.15) is 0 Å². The summed E-state index contributed by atoms with van der Waals surface area (Å²) in [7, 11) is -2.80. The van der Waals surface area contributed by atoms with E-state index in [4.69, 9.17) is 9.79 Å². The smallest absolute Gasteiger partial charge is 0.380 e. The van der Waals surface area contributed by atoms with Gasteiger partial charge >= 0.3 is 8.32 Å². The van der Waals surface area contributed by atoms with Crippen LogP contribution in [0, 0.1) is 11.3 Å². The monoisotopic (exact) mass is 398 g/mol. The summed E-state index contributed by atoms with van der Waals surface area (Å²) < 4.78 is 6.62. The van der Waals surface area contributed by atoms with Gasteiger partial charge in [0.25, 0.3) is 0 Å². The molecule has 3 rings (SSSR count). The van der Waals surface area contributed by atoms with E-state index in [0.717, 1.165) is 40.5 Å². The molecule has 0 atom stereocenters. The Labute approximate surface area is 174 Å². The van der Waals surface area contributed by atoms with Crippen LogP contribution in [0.15, 0.2) is 96.2 Å². The van der Waals surface area contributed by atoms with Crippen molar-refractivity contribution in [3.8, 4) is 6.07 Å². The molecule has 0 saturated carbocycles. The summed E-state index contributed by atoms with van der Waals surface area (Å²) in [4.78, 5) is 0. The topological polar surface area (TPSA) is 45.4 Å². The zero-order chi connectivity index (χ0) is 20.4. The maximum atomic E-state index is 8.84. The minimum Gasteiger partial charge on any atom is -0.438 e. The van der Waals surface area contributed by atoms with Crippen LogP contribution in [-0.2, 0) is 4.53 Å². The second-order valence-electron chi connectivity index (χ2n) is 6.89. The summed E-state index contributed by atoms with van der Waals surface area (Å²) in [5.41, 5.74) is 1.000. The molecule has 0 spiro atoms. The molecule has 0 N–H and O–H groups in total. The highest BCUT2D eigenvalue weighted by molar-refractivity contribution is 7.07. The van der Waals surface area contributed by atoms with Crippen molar-refractivity contribution in [3.05, 3.63) is 91.0 Å². The summed E-state index contributed by atoms with van der Waals surface area (Å²) in [6, 6.07) is 33.5. The van der Waals surface area contributed by atoms with Crippen LogP contribution in [0.5, 0.6) is 0 Å². The van der Waals surface area contributed by atoms with Crippen molar-refractivity contribution in [3.63, 3.8) is 0 Å². The van der Waals surface area contributed by atoms with Gasteiger partial charge in [-0.15, -0.1) is 5.16 Å². The van der Waals surface area contributed by atoms with Crippen molar-refractivity contribution in [1.29, 1.82) is 5.26 Å². The van der Waals surface area contributed by atoms with Gasteiger partial charge in [-0.2, -0.15) is 5.26 Å². The van der Waals surface area contributed by atoms with Gasteiger partial charge in [-0.1, -0.05) is 97.9 Å². The Hall–Kier alpha value is -3.16. The molecule has 0 fully saturated rings. The highest BCUT2D eigenvalue weighted by Gasteiger charge is 2.44. The van der Waals surface area contributed by atoms with Gasteiger partial charge in [-0.3, -0.25) is 0 Å². The number of rotatable bonds is 9. The van der Waals surface area contributed by atoms with Gasteiger partial charge in [0, 0.05) is 6.42 Å². The Kier molecular flexibility index (Phi) is 7.38. The number of nitrogens with zero attached hydrogens (tertiary/aromatic N) is 2. The Bertz CT molecular complexity index is 854. The molecule has 0 heterocycles. The molecule has 0 radical (unpaired) electrons.